The number of pyridine rings is 1. The summed E-state index contributed by atoms with van der Waals surface area (Å²) in [7, 11) is 0. The summed E-state index contributed by atoms with van der Waals surface area (Å²) in [5.74, 6) is 0.0204. The van der Waals surface area contributed by atoms with Crippen molar-refractivity contribution in [3.05, 3.63) is 24.0 Å². The molecule has 0 aliphatic carbocycles. The van der Waals surface area contributed by atoms with Gasteiger partial charge in [-0.1, -0.05) is 6.92 Å². The summed E-state index contributed by atoms with van der Waals surface area (Å²) >= 11 is 0. The Morgan fingerprint density at radius 2 is 2.14 bits per heavy atom. The molecule has 0 aromatic carbocycles. The van der Waals surface area contributed by atoms with Crippen LogP contribution in [0.25, 0.3) is 0 Å². The van der Waals surface area contributed by atoms with Crippen LogP contribution in [0.2, 0.25) is 0 Å². The van der Waals surface area contributed by atoms with E-state index in [0.29, 0.717) is 11.8 Å². The summed E-state index contributed by atoms with van der Waals surface area (Å²) in [5.41, 5.74) is 1.48. The van der Waals surface area contributed by atoms with E-state index in [0.717, 1.165) is 51.2 Å². The largest absolute Gasteiger partial charge is 0.384 e. The Balaban J connectivity index is 1.88. The normalized spacial score (nSPS) is 16.0. The molecule has 21 heavy (non-hydrogen) atoms. The molecule has 0 atom stereocenters. The summed E-state index contributed by atoms with van der Waals surface area (Å²) in [6.07, 6.45) is 4.92. The monoisotopic (exact) mass is 291 g/mol. The van der Waals surface area contributed by atoms with Crippen molar-refractivity contribution in [2.24, 2.45) is 0 Å². The Hall–Kier alpha value is -1.62. The quantitative estimate of drug-likeness (QED) is 0.875. The second kappa shape index (κ2) is 7.98. The zero-order valence-electron chi connectivity index (χ0n) is 13.0. The highest BCUT2D eigenvalue weighted by atomic mass is 16.5. The highest BCUT2D eigenvalue weighted by Gasteiger charge is 2.24. The van der Waals surface area contributed by atoms with Crippen molar-refractivity contribution in [2.45, 2.75) is 39.2 Å². The molecule has 116 valence electrons. The molecule has 5 heteroatoms. The number of hydrogen-bond donors (Lipinski definition) is 1. The number of rotatable bonds is 6. The van der Waals surface area contributed by atoms with E-state index in [1.165, 1.54) is 0 Å². The lowest BCUT2D eigenvalue weighted by atomic mass is 10.1. The maximum Gasteiger partial charge on any atom is 0.272 e. The molecular weight excluding hydrogens is 266 g/mol. The smallest absolute Gasteiger partial charge is 0.272 e. The molecule has 0 bridgehead atoms. The van der Waals surface area contributed by atoms with Crippen molar-refractivity contribution in [1.82, 2.24) is 9.88 Å². The number of piperidine rings is 1. The number of anilines is 1. The molecule has 1 aliphatic rings. The topological polar surface area (TPSA) is 54.5 Å². The molecule has 1 fully saturated rings. The summed E-state index contributed by atoms with van der Waals surface area (Å²) in [4.78, 5) is 18.5. The van der Waals surface area contributed by atoms with E-state index in [4.69, 9.17) is 4.74 Å². The van der Waals surface area contributed by atoms with Gasteiger partial charge in [-0.2, -0.15) is 0 Å². The zero-order chi connectivity index (χ0) is 15.1. The second-order valence-corrected chi connectivity index (χ2v) is 5.31. The van der Waals surface area contributed by atoms with Gasteiger partial charge in [-0.3, -0.25) is 4.79 Å². The van der Waals surface area contributed by atoms with E-state index in [1.54, 1.807) is 12.3 Å². The van der Waals surface area contributed by atoms with Gasteiger partial charge < -0.3 is 15.0 Å². The molecule has 1 aliphatic heterocycles. The van der Waals surface area contributed by atoms with Crippen molar-refractivity contribution < 1.29 is 9.53 Å². The van der Waals surface area contributed by atoms with Crippen molar-refractivity contribution in [2.75, 3.05) is 31.6 Å². The fourth-order valence-electron chi connectivity index (χ4n) is 2.52. The number of carbonyl (C=O) groups is 1. The lowest BCUT2D eigenvalue weighted by Gasteiger charge is -2.31. The zero-order valence-corrected chi connectivity index (χ0v) is 13.0. The lowest BCUT2D eigenvalue weighted by molar-refractivity contribution is 0.0144. The molecule has 1 aromatic rings. The fraction of sp³-hybridized carbons (Fsp3) is 0.625. The third-order valence-corrected chi connectivity index (χ3v) is 3.69. The summed E-state index contributed by atoms with van der Waals surface area (Å²) in [6.45, 7) is 7.29. The van der Waals surface area contributed by atoms with Gasteiger partial charge in [-0.25, -0.2) is 4.98 Å². The molecule has 0 spiro atoms. The van der Waals surface area contributed by atoms with Gasteiger partial charge in [0.2, 0.25) is 0 Å². The Morgan fingerprint density at radius 3 is 2.71 bits per heavy atom. The van der Waals surface area contributed by atoms with Crippen LogP contribution in [-0.2, 0) is 4.74 Å². The second-order valence-electron chi connectivity index (χ2n) is 5.31. The highest BCUT2D eigenvalue weighted by molar-refractivity contribution is 5.92. The van der Waals surface area contributed by atoms with Crippen LogP contribution in [-0.4, -0.2) is 48.1 Å². The summed E-state index contributed by atoms with van der Waals surface area (Å²) in [6, 6.07) is 3.72. The van der Waals surface area contributed by atoms with Crippen LogP contribution in [0.3, 0.4) is 0 Å². The number of likely N-dealkylation sites (tertiary alicyclic amines) is 1. The number of hydrogen-bond acceptors (Lipinski definition) is 4. The van der Waals surface area contributed by atoms with Crippen LogP contribution in [0, 0.1) is 0 Å². The Morgan fingerprint density at radius 1 is 1.38 bits per heavy atom. The van der Waals surface area contributed by atoms with Crippen LogP contribution < -0.4 is 5.32 Å². The van der Waals surface area contributed by atoms with E-state index < -0.39 is 0 Å². The Kier molecular flexibility index (Phi) is 5.99. The first-order valence-electron chi connectivity index (χ1n) is 7.85. The van der Waals surface area contributed by atoms with E-state index in [1.807, 2.05) is 17.9 Å². The highest BCUT2D eigenvalue weighted by Crippen LogP contribution is 2.16. The molecule has 0 saturated carbocycles. The van der Waals surface area contributed by atoms with Crippen molar-refractivity contribution in [1.29, 1.82) is 0 Å². The summed E-state index contributed by atoms with van der Waals surface area (Å²) in [5, 5.41) is 3.26. The maximum atomic E-state index is 12.4. The minimum atomic E-state index is 0.0204. The van der Waals surface area contributed by atoms with Crippen LogP contribution in [0.1, 0.15) is 43.6 Å². The first-order valence-corrected chi connectivity index (χ1v) is 7.85. The molecular formula is C16H25N3O2. The molecule has 0 radical (unpaired) electrons. The van der Waals surface area contributed by atoms with Gasteiger partial charge in [0.15, 0.2) is 0 Å². The van der Waals surface area contributed by atoms with Gasteiger partial charge in [0, 0.05) is 26.2 Å². The molecule has 1 saturated heterocycles. The number of amides is 1. The molecule has 1 amide bonds. The predicted molar refractivity (Wildman–Crippen MR) is 83.6 cm³/mol. The van der Waals surface area contributed by atoms with Crippen LogP contribution in [0.4, 0.5) is 5.69 Å². The first-order chi connectivity index (χ1) is 10.2. The third-order valence-electron chi connectivity index (χ3n) is 3.69. The molecule has 2 heterocycles. The molecule has 5 nitrogen and oxygen atoms in total. The van der Waals surface area contributed by atoms with Crippen molar-refractivity contribution in [3.8, 4) is 0 Å². The minimum absolute atomic E-state index is 0.0204. The Bertz CT molecular complexity index is 439. The van der Waals surface area contributed by atoms with Crippen LogP contribution in [0.15, 0.2) is 18.3 Å². The van der Waals surface area contributed by atoms with Crippen LogP contribution in [0.5, 0.6) is 0 Å². The van der Waals surface area contributed by atoms with Gasteiger partial charge >= 0.3 is 0 Å². The maximum absolute atomic E-state index is 12.4. The van der Waals surface area contributed by atoms with Crippen LogP contribution >= 0.6 is 0 Å². The van der Waals surface area contributed by atoms with E-state index in [-0.39, 0.29) is 5.91 Å². The van der Waals surface area contributed by atoms with Gasteiger partial charge in [-0.05, 0) is 38.3 Å². The average Bonchev–Trinajstić information content (AvgIpc) is 2.54. The van der Waals surface area contributed by atoms with Gasteiger partial charge in [0.25, 0.3) is 5.91 Å². The standard InChI is InChI=1S/C16H25N3O2/c1-3-9-17-13-5-6-15(18-12-13)16(20)19-10-7-14(8-11-19)21-4-2/h5-6,12,14,17H,3-4,7-11H2,1-2H3. The predicted octanol–water partition coefficient (Wildman–Crippen LogP) is 2.54. The average molecular weight is 291 g/mol. The van der Waals surface area contributed by atoms with Gasteiger partial charge in [-0.15, -0.1) is 0 Å². The van der Waals surface area contributed by atoms with E-state index in [9.17, 15) is 4.79 Å². The fourth-order valence-corrected chi connectivity index (χ4v) is 2.52. The lowest BCUT2D eigenvalue weighted by Crippen LogP contribution is -2.41. The van der Waals surface area contributed by atoms with Gasteiger partial charge in [0.05, 0.1) is 18.0 Å². The number of carbonyl (C=O) groups excluding carboxylic acids is 1. The summed E-state index contributed by atoms with van der Waals surface area (Å²) < 4.78 is 5.61. The van der Waals surface area contributed by atoms with E-state index >= 15 is 0 Å². The number of aromatic nitrogens is 1. The van der Waals surface area contributed by atoms with Gasteiger partial charge in [0.1, 0.15) is 5.69 Å². The number of nitrogens with one attached hydrogen (secondary N) is 1. The van der Waals surface area contributed by atoms with Crippen molar-refractivity contribution >= 4 is 11.6 Å². The van der Waals surface area contributed by atoms with E-state index in [2.05, 4.69) is 17.2 Å². The minimum Gasteiger partial charge on any atom is -0.384 e. The molecule has 2 rings (SSSR count). The SMILES string of the molecule is CCCNc1ccc(C(=O)N2CCC(OCC)CC2)nc1. The molecule has 1 aromatic heterocycles. The molecule has 1 N–H and O–H groups in total. The number of ether oxygens (including phenoxy) is 1. The first kappa shape index (κ1) is 15.8. The van der Waals surface area contributed by atoms with Crippen molar-refractivity contribution in [3.63, 3.8) is 0 Å². The third kappa shape index (κ3) is 4.43. The molecule has 0 unspecified atom stereocenters. The number of nitrogens with zero attached hydrogens (tertiary/aromatic N) is 2. The Labute approximate surface area is 126 Å².